The summed E-state index contributed by atoms with van der Waals surface area (Å²) in [5.41, 5.74) is 1.64. The second kappa shape index (κ2) is 5.89. The molecule has 1 atom stereocenters. The number of aliphatic hydroxyl groups excluding tert-OH is 1. The highest BCUT2D eigenvalue weighted by Crippen LogP contribution is 2.22. The molecular weight excluding hydrogens is 242 g/mol. The standard InChI is InChI=1S/C15H21NO3/c1-6-13(17)11-8-7-10(2)12(9-11)16-14(18)19-15(3,4)5/h6-9,13,17H,1H2,2-5H3,(H,16,18). The second-order valence-electron chi connectivity index (χ2n) is 5.38. The SMILES string of the molecule is C=CC(O)c1ccc(C)c(NC(=O)OC(C)(C)C)c1. The molecule has 1 aromatic rings. The smallest absolute Gasteiger partial charge is 0.412 e. The number of aliphatic hydroxyl groups is 1. The van der Waals surface area contributed by atoms with E-state index in [1.807, 2.05) is 13.0 Å². The van der Waals surface area contributed by atoms with Crippen LogP contribution in [-0.2, 0) is 4.74 Å². The van der Waals surface area contributed by atoms with Crippen LogP contribution in [0.1, 0.15) is 38.0 Å². The number of hydrogen-bond acceptors (Lipinski definition) is 3. The van der Waals surface area contributed by atoms with Gasteiger partial charge >= 0.3 is 6.09 Å². The summed E-state index contributed by atoms with van der Waals surface area (Å²) in [4.78, 5) is 11.7. The van der Waals surface area contributed by atoms with Gasteiger partial charge < -0.3 is 9.84 Å². The van der Waals surface area contributed by atoms with Crippen LogP contribution < -0.4 is 5.32 Å². The number of carbonyl (C=O) groups excluding carboxylic acids is 1. The molecule has 1 amide bonds. The molecule has 4 heteroatoms. The van der Waals surface area contributed by atoms with Crippen LogP contribution in [0.4, 0.5) is 10.5 Å². The average Bonchev–Trinajstić information content (AvgIpc) is 2.28. The fourth-order valence-corrected chi connectivity index (χ4v) is 1.51. The molecule has 1 rings (SSSR count). The summed E-state index contributed by atoms with van der Waals surface area (Å²) in [7, 11) is 0. The van der Waals surface area contributed by atoms with Gasteiger partial charge in [-0.05, 0) is 44.9 Å². The topological polar surface area (TPSA) is 58.6 Å². The van der Waals surface area contributed by atoms with Gasteiger partial charge in [-0.2, -0.15) is 0 Å². The molecule has 0 aliphatic rings. The maximum Gasteiger partial charge on any atom is 0.412 e. The largest absolute Gasteiger partial charge is 0.444 e. The molecule has 4 nitrogen and oxygen atoms in total. The van der Waals surface area contributed by atoms with Gasteiger partial charge in [0.05, 0.1) is 6.10 Å². The highest BCUT2D eigenvalue weighted by molar-refractivity contribution is 5.86. The van der Waals surface area contributed by atoms with Gasteiger partial charge in [0.2, 0.25) is 0 Å². The Hall–Kier alpha value is -1.81. The minimum atomic E-state index is -0.750. The van der Waals surface area contributed by atoms with Gasteiger partial charge in [-0.25, -0.2) is 4.79 Å². The number of amides is 1. The molecule has 1 aromatic carbocycles. The van der Waals surface area contributed by atoms with Crippen molar-refractivity contribution in [1.82, 2.24) is 0 Å². The highest BCUT2D eigenvalue weighted by Gasteiger charge is 2.17. The van der Waals surface area contributed by atoms with E-state index in [4.69, 9.17) is 4.74 Å². The number of anilines is 1. The van der Waals surface area contributed by atoms with E-state index in [-0.39, 0.29) is 0 Å². The van der Waals surface area contributed by atoms with Gasteiger partial charge in [0, 0.05) is 5.69 Å². The number of hydrogen-bond donors (Lipinski definition) is 2. The number of rotatable bonds is 3. The molecule has 0 aliphatic heterocycles. The lowest BCUT2D eigenvalue weighted by Crippen LogP contribution is -2.27. The molecule has 0 saturated carbocycles. The molecular formula is C15H21NO3. The van der Waals surface area contributed by atoms with Crippen molar-refractivity contribution in [2.75, 3.05) is 5.32 Å². The molecule has 0 aliphatic carbocycles. The Morgan fingerprint density at radius 1 is 1.47 bits per heavy atom. The molecule has 0 aromatic heterocycles. The third-order valence-corrected chi connectivity index (χ3v) is 2.46. The summed E-state index contributed by atoms with van der Waals surface area (Å²) in [6, 6.07) is 5.34. The van der Waals surface area contributed by atoms with Crippen LogP contribution in [0.15, 0.2) is 30.9 Å². The Kier molecular flexibility index (Phi) is 4.72. The van der Waals surface area contributed by atoms with Crippen molar-refractivity contribution in [2.24, 2.45) is 0 Å². The van der Waals surface area contributed by atoms with Crippen molar-refractivity contribution in [1.29, 1.82) is 0 Å². The van der Waals surface area contributed by atoms with Gasteiger partial charge in [-0.15, -0.1) is 6.58 Å². The van der Waals surface area contributed by atoms with Gasteiger partial charge in [-0.1, -0.05) is 18.2 Å². The zero-order chi connectivity index (χ0) is 14.6. The van der Waals surface area contributed by atoms with Crippen LogP contribution in [0.5, 0.6) is 0 Å². The predicted octanol–water partition coefficient (Wildman–Crippen LogP) is 3.56. The Bertz CT molecular complexity index is 475. The second-order valence-corrected chi connectivity index (χ2v) is 5.38. The lowest BCUT2D eigenvalue weighted by atomic mass is 10.1. The van der Waals surface area contributed by atoms with Crippen LogP contribution in [0.3, 0.4) is 0 Å². The number of ether oxygens (including phenoxy) is 1. The predicted molar refractivity (Wildman–Crippen MR) is 76.2 cm³/mol. The summed E-state index contributed by atoms with van der Waals surface area (Å²) in [6.07, 6.45) is 0.169. The van der Waals surface area contributed by atoms with Crippen molar-refractivity contribution < 1.29 is 14.6 Å². The van der Waals surface area contributed by atoms with Crippen LogP contribution in [0.2, 0.25) is 0 Å². The molecule has 0 saturated heterocycles. The first-order valence-electron chi connectivity index (χ1n) is 6.14. The maximum absolute atomic E-state index is 11.7. The van der Waals surface area contributed by atoms with Gasteiger partial charge in [0.15, 0.2) is 0 Å². The van der Waals surface area contributed by atoms with Crippen molar-refractivity contribution >= 4 is 11.8 Å². The monoisotopic (exact) mass is 263 g/mol. The lowest BCUT2D eigenvalue weighted by molar-refractivity contribution is 0.0635. The molecule has 0 spiro atoms. The van der Waals surface area contributed by atoms with E-state index in [0.717, 1.165) is 5.56 Å². The van der Waals surface area contributed by atoms with Crippen LogP contribution >= 0.6 is 0 Å². The first-order valence-corrected chi connectivity index (χ1v) is 6.14. The van der Waals surface area contributed by atoms with Crippen molar-refractivity contribution in [3.8, 4) is 0 Å². The summed E-state index contributed by atoms with van der Waals surface area (Å²) >= 11 is 0. The first-order chi connectivity index (χ1) is 8.73. The number of aryl methyl sites for hydroxylation is 1. The Balaban J connectivity index is 2.88. The lowest BCUT2D eigenvalue weighted by Gasteiger charge is -2.20. The van der Waals surface area contributed by atoms with Crippen LogP contribution in [0, 0.1) is 6.92 Å². The van der Waals surface area contributed by atoms with E-state index in [1.165, 1.54) is 6.08 Å². The third-order valence-electron chi connectivity index (χ3n) is 2.46. The normalized spacial score (nSPS) is 12.7. The molecule has 1 unspecified atom stereocenters. The van der Waals surface area contributed by atoms with E-state index >= 15 is 0 Å². The quantitative estimate of drug-likeness (QED) is 0.820. The van der Waals surface area contributed by atoms with Crippen LogP contribution in [-0.4, -0.2) is 16.8 Å². The van der Waals surface area contributed by atoms with Crippen molar-refractivity contribution in [3.63, 3.8) is 0 Å². The Morgan fingerprint density at radius 2 is 2.11 bits per heavy atom. The van der Waals surface area contributed by atoms with Gasteiger partial charge in [0.25, 0.3) is 0 Å². The van der Waals surface area contributed by atoms with E-state index in [9.17, 15) is 9.90 Å². The minimum absolute atomic E-state index is 0.513. The molecule has 0 fully saturated rings. The van der Waals surface area contributed by atoms with Crippen molar-refractivity contribution in [2.45, 2.75) is 39.4 Å². The maximum atomic E-state index is 11.7. The fraction of sp³-hybridized carbons (Fsp3) is 0.400. The third kappa shape index (κ3) is 4.75. The zero-order valence-corrected chi connectivity index (χ0v) is 11.9. The zero-order valence-electron chi connectivity index (χ0n) is 11.9. The van der Waals surface area contributed by atoms with E-state index < -0.39 is 17.8 Å². The molecule has 19 heavy (non-hydrogen) atoms. The molecule has 0 radical (unpaired) electrons. The summed E-state index contributed by atoms with van der Waals surface area (Å²) in [5.74, 6) is 0. The molecule has 104 valence electrons. The fourth-order valence-electron chi connectivity index (χ4n) is 1.51. The van der Waals surface area contributed by atoms with E-state index in [2.05, 4.69) is 11.9 Å². The average molecular weight is 263 g/mol. The Labute approximate surface area is 114 Å². The summed E-state index contributed by atoms with van der Waals surface area (Å²) in [6.45, 7) is 10.8. The van der Waals surface area contributed by atoms with E-state index in [1.54, 1.807) is 32.9 Å². The molecule has 2 N–H and O–H groups in total. The first kappa shape index (κ1) is 15.2. The molecule has 0 heterocycles. The summed E-state index contributed by atoms with van der Waals surface area (Å²) < 4.78 is 5.19. The number of carbonyl (C=O) groups is 1. The number of benzene rings is 1. The summed E-state index contributed by atoms with van der Waals surface area (Å²) in [5, 5.41) is 12.4. The minimum Gasteiger partial charge on any atom is -0.444 e. The van der Waals surface area contributed by atoms with E-state index in [0.29, 0.717) is 11.3 Å². The Morgan fingerprint density at radius 3 is 2.63 bits per heavy atom. The van der Waals surface area contributed by atoms with Gasteiger partial charge in [-0.3, -0.25) is 5.32 Å². The number of nitrogens with one attached hydrogen (secondary N) is 1. The van der Waals surface area contributed by atoms with Gasteiger partial charge in [0.1, 0.15) is 5.60 Å². The van der Waals surface area contributed by atoms with Crippen LogP contribution in [0.25, 0.3) is 0 Å². The van der Waals surface area contributed by atoms with Crippen molar-refractivity contribution in [3.05, 3.63) is 42.0 Å². The highest BCUT2D eigenvalue weighted by atomic mass is 16.6. The molecule has 0 bridgehead atoms.